The molecule has 0 heterocycles. The average molecular weight is 169 g/mol. The summed E-state index contributed by atoms with van der Waals surface area (Å²) >= 11 is 0. The Hall–Kier alpha value is -0.0800. The molecule has 1 aliphatic rings. The standard InChI is InChI=1S/C10H21N2/c1-3-12(4-2)11-10-8-6-5-7-9-10/h10H,3-9H2,1-2H3. The van der Waals surface area contributed by atoms with Crippen LogP contribution in [0.4, 0.5) is 0 Å². The van der Waals surface area contributed by atoms with Crippen LogP contribution in [0.3, 0.4) is 0 Å². The predicted molar refractivity (Wildman–Crippen MR) is 51.9 cm³/mol. The third-order valence-corrected chi connectivity index (χ3v) is 2.63. The molecule has 0 saturated heterocycles. The number of hydrogen-bond acceptors (Lipinski definition) is 1. The molecule has 1 rings (SSSR count). The van der Waals surface area contributed by atoms with E-state index in [0.717, 1.165) is 13.1 Å². The van der Waals surface area contributed by atoms with Crippen LogP contribution in [0.15, 0.2) is 0 Å². The Bertz CT molecular complexity index is 104. The minimum absolute atomic E-state index is 0.638. The second-order valence-corrected chi connectivity index (χ2v) is 3.55. The average Bonchev–Trinajstić information content (AvgIpc) is 2.16. The largest absolute Gasteiger partial charge is 0.227 e. The number of rotatable bonds is 4. The van der Waals surface area contributed by atoms with E-state index in [1.54, 1.807) is 0 Å². The maximum Gasteiger partial charge on any atom is 0.0418 e. The molecular weight excluding hydrogens is 148 g/mol. The van der Waals surface area contributed by atoms with Gasteiger partial charge in [-0.1, -0.05) is 33.1 Å². The van der Waals surface area contributed by atoms with Crippen molar-refractivity contribution in [2.75, 3.05) is 13.1 Å². The van der Waals surface area contributed by atoms with Gasteiger partial charge in [0.15, 0.2) is 0 Å². The molecule has 0 aromatic heterocycles. The van der Waals surface area contributed by atoms with Gasteiger partial charge in [0.1, 0.15) is 0 Å². The van der Waals surface area contributed by atoms with Gasteiger partial charge in [0, 0.05) is 19.1 Å². The van der Waals surface area contributed by atoms with E-state index in [-0.39, 0.29) is 0 Å². The fourth-order valence-corrected chi connectivity index (χ4v) is 1.81. The van der Waals surface area contributed by atoms with Crippen LogP contribution >= 0.6 is 0 Å². The number of nitrogens with zero attached hydrogens (tertiary/aromatic N) is 2. The summed E-state index contributed by atoms with van der Waals surface area (Å²) in [6, 6.07) is 0.638. The van der Waals surface area contributed by atoms with Gasteiger partial charge >= 0.3 is 0 Å². The molecule has 0 bridgehead atoms. The van der Waals surface area contributed by atoms with Crippen LogP contribution in [0, 0.1) is 0 Å². The smallest absolute Gasteiger partial charge is 0.0418 e. The van der Waals surface area contributed by atoms with Crippen molar-refractivity contribution in [1.82, 2.24) is 10.4 Å². The van der Waals surface area contributed by atoms with Crippen molar-refractivity contribution in [3.63, 3.8) is 0 Å². The summed E-state index contributed by atoms with van der Waals surface area (Å²) in [5.74, 6) is 0. The molecule has 1 aliphatic carbocycles. The molecule has 0 spiro atoms. The number of hydrogen-bond donors (Lipinski definition) is 0. The molecule has 0 unspecified atom stereocenters. The summed E-state index contributed by atoms with van der Waals surface area (Å²) in [6.45, 7) is 6.48. The fraction of sp³-hybridized carbons (Fsp3) is 1.00. The summed E-state index contributed by atoms with van der Waals surface area (Å²) in [6.07, 6.45) is 6.82. The molecule has 2 heteroatoms. The third-order valence-electron chi connectivity index (χ3n) is 2.63. The van der Waals surface area contributed by atoms with Gasteiger partial charge < -0.3 is 0 Å². The molecule has 1 fully saturated rings. The van der Waals surface area contributed by atoms with Gasteiger partial charge in [-0.2, -0.15) is 5.43 Å². The molecule has 71 valence electrons. The first-order chi connectivity index (χ1) is 5.86. The fourth-order valence-electron chi connectivity index (χ4n) is 1.81. The van der Waals surface area contributed by atoms with Crippen molar-refractivity contribution in [3.05, 3.63) is 0 Å². The predicted octanol–water partition coefficient (Wildman–Crippen LogP) is 2.18. The SMILES string of the molecule is CCN(CC)[N]C1CCCCC1. The van der Waals surface area contributed by atoms with E-state index in [2.05, 4.69) is 18.9 Å². The molecule has 2 nitrogen and oxygen atoms in total. The van der Waals surface area contributed by atoms with Gasteiger partial charge in [0.05, 0.1) is 0 Å². The van der Waals surface area contributed by atoms with E-state index in [9.17, 15) is 0 Å². The molecule has 12 heavy (non-hydrogen) atoms. The van der Waals surface area contributed by atoms with Gasteiger partial charge in [0.25, 0.3) is 0 Å². The van der Waals surface area contributed by atoms with E-state index < -0.39 is 0 Å². The van der Waals surface area contributed by atoms with Crippen LogP contribution in [-0.2, 0) is 0 Å². The quantitative estimate of drug-likeness (QED) is 0.590. The van der Waals surface area contributed by atoms with E-state index in [1.165, 1.54) is 32.1 Å². The van der Waals surface area contributed by atoms with Crippen LogP contribution in [0.25, 0.3) is 0 Å². The van der Waals surface area contributed by atoms with Gasteiger partial charge in [-0.05, 0) is 12.8 Å². The summed E-state index contributed by atoms with van der Waals surface area (Å²) in [5.41, 5.74) is 4.71. The van der Waals surface area contributed by atoms with E-state index in [0.29, 0.717) is 6.04 Å². The summed E-state index contributed by atoms with van der Waals surface area (Å²) < 4.78 is 0. The molecule has 0 N–H and O–H groups in total. The third kappa shape index (κ3) is 3.11. The van der Waals surface area contributed by atoms with Crippen LogP contribution in [0.1, 0.15) is 46.0 Å². The lowest BCUT2D eigenvalue weighted by atomic mass is 9.96. The maximum atomic E-state index is 4.71. The van der Waals surface area contributed by atoms with Crippen molar-refractivity contribution >= 4 is 0 Å². The first-order valence-corrected chi connectivity index (χ1v) is 5.32. The van der Waals surface area contributed by atoms with Gasteiger partial charge in [-0.25, -0.2) is 5.01 Å². The van der Waals surface area contributed by atoms with Crippen LogP contribution in [-0.4, -0.2) is 24.1 Å². The molecule has 0 aromatic carbocycles. The van der Waals surface area contributed by atoms with Crippen molar-refractivity contribution in [1.29, 1.82) is 0 Å². The Morgan fingerprint density at radius 3 is 2.17 bits per heavy atom. The van der Waals surface area contributed by atoms with Crippen LogP contribution in [0.5, 0.6) is 0 Å². The highest BCUT2D eigenvalue weighted by atomic mass is 15.5. The zero-order chi connectivity index (χ0) is 8.81. The second-order valence-electron chi connectivity index (χ2n) is 3.55. The Labute approximate surface area is 76.3 Å². The maximum absolute atomic E-state index is 4.71. The highest BCUT2D eigenvalue weighted by molar-refractivity contribution is 4.70. The normalized spacial score (nSPS) is 20.2. The molecule has 0 aliphatic heterocycles. The summed E-state index contributed by atoms with van der Waals surface area (Å²) in [4.78, 5) is 0. The van der Waals surface area contributed by atoms with E-state index in [1.807, 2.05) is 0 Å². The second kappa shape index (κ2) is 5.55. The lowest BCUT2D eigenvalue weighted by Gasteiger charge is -2.27. The lowest BCUT2D eigenvalue weighted by molar-refractivity contribution is 0.145. The molecule has 1 saturated carbocycles. The zero-order valence-corrected chi connectivity index (χ0v) is 8.42. The molecule has 0 atom stereocenters. The van der Waals surface area contributed by atoms with Gasteiger partial charge in [-0.15, -0.1) is 0 Å². The van der Waals surface area contributed by atoms with Crippen LogP contribution < -0.4 is 5.43 Å². The van der Waals surface area contributed by atoms with Gasteiger partial charge in [-0.3, -0.25) is 0 Å². The molecule has 0 aromatic rings. The van der Waals surface area contributed by atoms with Crippen molar-refractivity contribution in [3.8, 4) is 0 Å². The van der Waals surface area contributed by atoms with Crippen molar-refractivity contribution in [2.45, 2.75) is 52.0 Å². The molecule has 0 amide bonds. The van der Waals surface area contributed by atoms with E-state index in [4.69, 9.17) is 5.43 Å². The Kier molecular flexibility index (Phi) is 4.62. The summed E-state index contributed by atoms with van der Waals surface area (Å²) in [5, 5.41) is 2.19. The minimum Gasteiger partial charge on any atom is -0.227 e. The van der Waals surface area contributed by atoms with E-state index >= 15 is 0 Å². The van der Waals surface area contributed by atoms with Crippen molar-refractivity contribution < 1.29 is 0 Å². The first kappa shape index (κ1) is 10.0. The first-order valence-electron chi connectivity index (χ1n) is 5.32. The topological polar surface area (TPSA) is 17.3 Å². The molecule has 1 radical (unpaired) electrons. The monoisotopic (exact) mass is 169 g/mol. The zero-order valence-electron chi connectivity index (χ0n) is 8.42. The Balaban J connectivity index is 2.18. The molecular formula is C10H21N2. The highest BCUT2D eigenvalue weighted by Crippen LogP contribution is 2.18. The lowest BCUT2D eigenvalue weighted by Crippen LogP contribution is -2.39. The summed E-state index contributed by atoms with van der Waals surface area (Å²) in [7, 11) is 0. The highest BCUT2D eigenvalue weighted by Gasteiger charge is 2.15. The Morgan fingerprint density at radius 2 is 1.67 bits per heavy atom. The minimum atomic E-state index is 0.638. The van der Waals surface area contributed by atoms with Gasteiger partial charge in [0.2, 0.25) is 0 Å². The van der Waals surface area contributed by atoms with Crippen LogP contribution in [0.2, 0.25) is 0 Å². The van der Waals surface area contributed by atoms with Crippen molar-refractivity contribution in [2.24, 2.45) is 0 Å². The Morgan fingerprint density at radius 1 is 1.08 bits per heavy atom.